The third-order valence-electron chi connectivity index (χ3n) is 3.85. The second-order valence-electron chi connectivity index (χ2n) is 5.73. The molecular formula is C16H21ClN2O3. The van der Waals surface area contributed by atoms with Gasteiger partial charge in [-0.25, -0.2) is 0 Å². The number of carbonyl (C=O) groups excluding carboxylic acids is 1. The summed E-state index contributed by atoms with van der Waals surface area (Å²) in [7, 11) is 0. The number of hydrogen-bond acceptors (Lipinski definition) is 3. The lowest BCUT2D eigenvalue weighted by Gasteiger charge is -2.32. The molecule has 1 aromatic carbocycles. The lowest BCUT2D eigenvalue weighted by atomic mass is 9.93. The number of aliphatic carboxylic acids is 1. The number of halogens is 1. The quantitative estimate of drug-likeness (QED) is 0.844. The molecule has 1 atom stereocenters. The predicted octanol–water partition coefficient (Wildman–Crippen LogP) is 2.86. The second-order valence-corrected chi connectivity index (χ2v) is 6.17. The van der Waals surface area contributed by atoms with Crippen LogP contribution in [0.1, 0.15) is 25.7 Å². The summed E-state index contributed by atoms with van der Waals surface area (Å²) in [4.78, 5) is 24.8. The van der Waals surface area contributed by atoms with Crippen molar-refractivity contribution < 1.29 is 14.7 Å². The number of anilines is 1. The van der Waals surface area contributed by atoms with E-state index in [9.17, 15) is 9.59 Å². The average Bonchev–Trinajstić information content (AvgIpc) is 2.45. The van der Waals surface area contributed by atoms with Crippen molar-refractivity contribution in [3.63, 3.8) is 0 Å². The number of benzene rings is 1. The molecule has 1 heterocycles. The van der Waals surface area contributed by atoms with Gasteiger partial charge >= 0.3 is 5.97 Å². The predicted molar refractivity (Wildman–Crippen MR) is 86.1 cm³/mol. The van der Waals surface area contributed by atoms with Crippen LogP contribution in [0.15, 0.2) is 24.3 Å². The monoisotopic (exact) mass is 324 g/mol. The van der Waals surface area contributed by atoms with Gasteiger partial charge < -0.3 is 10.4 Å². The second kappa shape index (κ2) is 8.15. The summed E-state index contributed by atoms with van der Waals surface area (Å²) in [5.74, 6) is -0.458. The number of nitrogens with zero attached hydrogens (tertiary/aromatic N) is 1. The number of carbonyl (C=O) groups is 2. The van der Waals surface area contributed by atoms with E-state index >= 15 is 0 Å². The standard InChI is InChI=1S/C16H21ClN2O3/c17-13-4-1-5-14(9-13)18-15(20)11-19-8-2-3-12(10-19)6-7-16(21)22/h1,4-5,9,12H,2-3,6-8,10-11H2,(H,18,20)(H,21,22). The van der Waals surface area contributed by atoms with Gasteiger partial charge in [0.05, 0.1) is 6.54 Å². The van der Waals surface area contributed by atoms with E-state index in [1.165, 1.54) is 0 Å². The van der Waals surface area contributed by atoms with Crippen LogP contribution < -0.4 is 5.32 Å². The fourth-order valence-electron chi connectivity index (χ4n) is 2.83. The van der Waals surface area contributed by atoms with Crippen molar-refractivity contribution in [2.45, 2.75) is 25.7 Å². The fourth-order valence-corrected chi connectivity index (χ4v) is 3.02. The minimum absolute atomic E-state index is 0.0684. The Balaban J connectivity index is 1.79. The molecule has 5 nitrogen and oxygen atoms in total. The number of piperidine rings is 1. The zero-order chi connectivity index (χ0) is 15.9. The lowest BCUT2D eigenvalue weighted by molar-refractivity contribution is -0.137. The van der Waals surface area contributed by atoms with Crippen LogP contribution in [-0.2, 0) is 9.59 Å². The van der Waals surface area contributed by atoms with Gasteiger partial charge in [-0.3, -0.25) is 14.5 Å². The van der Waals surface area contributed by atoms with E-state index in [1.807, 2.05) is 0 Å². The first-order valence-corrected chi connectivity index (χ1v) is 7.90. The average molecular weight is 325 g/mol. The molecule has 1 aliphatic rings. The third kappa shape index (κ3) is 5.66. The van der Waals surface area contributed by atoms with Crippen LogP contribution in [0.25, 0.3) is 0 Å². The maximum Gasteiger partial charge on any atom is 0.303 e. The van der Waals surface area contributed by atoms with Gasteiger partial charge in [0, 0.05) is 23.7 Å². The molecule has 0 aromatic heterocycles. The summed E-state index contributed by atoms with van der Waals surface area (Å²) in [6, 6.07) is 7.07. The number of amides is 1. The van der Waals surface area contributed by atoms with Gasteiger partial charge in [0.2, 0.25) is 5.91 Å². The molecule has 0 radical (unpaired) electrons. The Morgan fingerprint density at radius 1 is 1.41 bits per heavy atom. The van der Waals surface area contributed by atoms with Crippen molar-refractivity contribution in [1.82, 2.24) is 4.90 Å². The normalized spacial score (nSPS) is 18.9. The molecule has 1 aliphatic heterocycles. The van der Waals surface area contributed by atoms with Gasteiger partial charge in [0.1, 0.15) is 0 Å². The van der Waals surface area contributed by atoms with E-state index in [0.29, 0.717) is 29.6 Å². The molecule has 1 amide bonds. The number of nitrogens with one attached hydrogen (secondary N) is 1. The van der Waals surface area contributed by atoms with E-state index < -0.39 is 5.97 Å². The van der Waals surface area contributed by atoms with Crippen molar-refractivity contribution in [2.24, 2.45) is 5.92 Å². The van der Waals surface area contributed by atoms with Gasteiger partial charge in [-0.2, -0.15) is 0 Å². The molecular weight excluding hydrogens is 304 g/mol. The Morgan fingerprint density at radius 3 is 2.95 bits per heavy atom. The van der Waals surface area contributed by atoms with Gasteiger partial charge in [0.15, 0.2) is 0 Å². The first-order chi connectivity index (χ1) is 10.5. The summed E-state index contributed by atoms with van der Waals surface area (Å²) < 4.78 is 0. The third-order valence-corrected chi connectivity index (χ3v) is 4.08. The highest BCUT2D eigenvalue weighted by molar-refractivity contribution is 6.30. The van der Waals surface area contributed by atoms with Crippen LogP contribution >= 0.6 is 11.6 Å². The minimum Gasteiger partial charge on any atom is -0.481 e. The Hall–Kier alpha value is -1.59. The molecule has 1 saturated heterocycles. The topological polar surface area (TPSA) is 69.6 Å². The highest BCUT2D eigenvalue weighted by Crippen LogP contribution is 2.21. The fraction of sp³-hybridized carbons (Fsp3) is 0.500. The first-order valence-electron chi connectivity index (χ1n) is 7.52. The molecule has 0 aliphatic carbocycles. The van der Waals surface area contributed by atoms with Gasteiger partial charge in [-0.15, -0.1) is 0 Å². The van der Waals surface area contributed by atoms with Crippen molar-refractivity contribution in [3.8, 4) is 0 Å². The largest absolute Gasteiger partial charge is 0.481 e. The number of rotatable bonds is 6. The van der Waals surface area contributed by atoms with Crippen molar-refractivity contribution in [2.75, 3.05) is 25.0 Å². The lowest BCUT2D eigenvalue weighted by Crippen LogP contribution is -2.40. The van der Waals surface area contributed by atoms with Crippen LogP contribution in [0, 0.1) is 5.92 Å². The number of likely N-dealkylation sites (tertiary alicyclic amines) is 1. The molecule has 1 unspecified atom stereocenters. The molecule has 2 N–H and O–H groups in total. The summed E-state index contributed by atoms with van der Waals surface area (Å²) >= 11 is 5.89. The van der Waals surface area contributed by atoms with Crippen LogP contribution in [0.4, 0.5) is 5.69 Å². The molecule has 1 aromatic rings. The van der Waals surface area contributed by atoms with Gasteiger partial charge in [-0.05, 0) is 49.9 Å². The Bertz CT molecular complexity index is 536. The molecule has 120 valence electrons. The Morgan fingerprint density at radius 2 is 2.23 bits per heavy atom. The Kier molecular flexibility index (Phi) is 6.21. The van der Waals surface area contributed by atoms with E-state index in [1.54, 1.807) is 24.3 Å². The van der Waals surface area contributed by atoms with Crippen molar-refractivity contribution in [1.29, 1.82) is 0 Å². The zero-order valence-corrected chi connectivity index (χ0v) is 13.2. The molecule has 0 spiro atoms. The van der Waals surface area contributed by atoms with E-state index in [2.05, 4.69) is 10.2 Å². The first kappa shape index (κ1) is 16.8. The molecule has 6 heteroatoms. The number of carboxylic acids is 1. The molecule has 0 bridgehead atoms. The maximum absolute atomic E-state index is 12.1. The molecule has 1 fully saturated rings. The smallest absolute Gasteiger partial charge is 0.303 e. The molecule has 0 saturated carbocycles. The zero-order valence-electron chi connectivity index (χ0n) is 12.4. The van der Waals surface area contributed by atoms with Crippen LogP contribution in [-0.4, -0.2) is 41.5 Å². The number of hydrogen-bond donors (Lipinski definition) is 2. The SMILES string of the molecule is O=C(O)CCC1CCCN(CC(=O)Nc2cccc(Cl)c2)C1. The van der Waals surface area contributed by atoms with E-state index in [-0.39, 0.29) is 12.3 Å². The molecule has 22 heavy (non-hydrogen) atoms. The maximum atomic E-state index is 12.1. The van der Waals surface area contributed by atoms with Gasteiger partial charge in [0.25, 0.3) is 0 Å². The van der Waals surface area contributed by atoms with Gasteiger partial charge in [-0.1, -0.05) is 17.7 Å². The van der Waals surface area contributed by atoms with Crippen molar-refractivity contribution >= 4 is 29.2 Å². The summed E-state index contributed by atoms with van der Waals surface area (Å²) in [6.45, 7) is 2.00. The summed E-state index contributed by atoms with van der Waals surface area (Å²) in [5.41, 5.74) is 0.692. The number of carboxylic acid groups (broad SMARTS) is 1. The summed E-state index contributed by atoms with van der Waals surface area (Å²) in [5, 5.41) is 12.2. The van der Waals surface area contributed by atoms with Crippen molar-refractivity contribution in [3.05, 3.63) is 29.3 Å². The van der Waals surface area contributed by atoms with Crippen LogP contribution in [0.5, 0.6) is 0 Å². The minimum atomic E-state index is -0.754. The highest BCUT2D eigenvalue weighted by atomic mass is 35.5. The van der Waals surface area contributed by atoms with E-state index in [4.69, 9.17) is 16.7 Å². The highest BCUT2D eigenvalue weighted by Gasteiger charge is 2.22. The van der Waals surface area contributed by atoms with Crippen LogP contribution in [0.2, 0.25) is 5.02 Å². The summed E-state index contributed by atoms with van der Waals surface area (Å²) in [6.07, 6.45) is 2.93. The Labute approximate surface area is 135 Å². The van der Waals surface area contributed by atoms with Crippen LogP contribution in [0.3, 0.4) is 0 Å². The molecule has 2 rings (SSSR count). The van der Waals surface area contributed by atoms with E-state index in [0.717, 1.165) is 25.9 Å².